The molecule has 2 rings (SSSR count). The SMILES string of the molecule is COc1nc(Cl)nc(Oc2ccc(CC#N)cc2)n1. The average molecular weight is 277 g/mol. The lowest BCUT2D eigenvalue weighted by molar-refractivity contribution is 0.359. The number of benzene rings is 1. The molecule has 0 saturated heterocycles. The first-order valence-electron chi connectivity index (χ1n) is 5.30. The minimum atomic E-state index is -0.0112. The highest BCUT2D eigenvalue weighted by molar-refractivity contribution is 6.28. The summed E-state index contributed by atoms with van der Waals surface area (Å²) in [7, 11) is 1.42. The van der Waals surface area contributed by atoms with E-state index in [0.29, 0.717) is 12.2 Å². The predicted molar refractivity (Wildman–Crippen MR) is 67.2 cm³/mol. The maximum absolute atomic E-state index is 8.58. The van der Waals surface area contributed by atoms with Gasteiger partial charge in [0.1, 0.15) is 5.75 Å². The molecule has 0 amide bonds. The average Bonchev–Trinajstić information content (AvgIpc) is 2.40. The molecule has 19 heavy (non-hydrogen) atoms. The zero-order valence-electron chi connectivity index (χ0n) is 10.00. The van der Waals surface area contributed by atoms with Gasteiger partial charge in [0.25, 0.3) is 0 Å². The second kappa shape index (κ2) is 5.98. The summed E-state index contributed by atoms with van der Waals surface area (Å²) in [4.78, 5) is 11.5. The third-order valence-corrected chi connectivity index (χ3v) is 2.33. The molecule has 0 aliphatic carbocycles. The molecule has 96 valence electrons. The molecule has 2 aromatic rings. The fourth-order valence-electron chi connectivity index (χ4n) is 1.32. The molecule has 0 aliphatic heterocycles. The Morgan fingerprint density at radius 3 is 2.47 bits per heavy atom. The molecule has 0 N–H and O–H groups in total. The van der Waals surface area contributed by atoms with Crippen molar-refractivity contribution in [2.24, 2.45) is 0 Å². The van der Waals surface area contributed by atoms with Crippen LogP contribution in [0.3, 0.4) is 0 Å². The zero-order valence-corrected chi connectivity index (χ0v) is 10.8. The first-order valence-corrected chi connectivity index (χ1v) is 5.68. The third-order valence-electron chi connectivity index (χ3n) is 2.17. The molecule has 6 nitrogen and oxygen atoms in total. The molecule has 0 unspecified atom stereocenters. The summed E-state index contributed by atoms with van der Waals surface area (Å²) in [6, 6.07) is 9.21. The first-order chi connectivity index (χ1) is 9.21. The summed E-state index contributed by atoms with van der Waals surface area (Å²) < 4.78 is 10.3. The fraction of sp³-hybridized carbons (Fsp3) is 0.167. The van der Waals surface area contributed by atoms with Crippen LogP contribution in [0.2, 0.25) is 5.28 Å². The number of halogens is 1. The van der Waals surface area contributed by atoms with Crippen molar-refractivity contribution in [1.82, 2.24) is 15.0 Å². The van der Waals surface area contributed by atoms with Crippen molar-refractivity contribution in [2.45, 2.75) is 6.42 Å². The smallest absolute Gasteiger partial charge is 0.329 e. The van der Waals surface area contributed by atoms with Crippen LogP contribution < -0.4 is 9.47 Å². The Labute approximate surface area is 114 Å². The number of methoxy groups -OCH3 is 1. The third kappa shape index (κ3) is 3.53. The highest BCUT2D eigenvalue weighted by atomic mass is 35.5. The Morgan fingerprint density at radius 1 is 1.16 bits per heavy atom. The van der Waals surface area contributed by atoms with Crippen molar-refractivity contribution < 1.29 is 9.47 Å². The zero-order chi connectivity index (χ0) is 13.7. The van der Waals surface area contributed by atoms with Crippen molar-refractivity contribution in [3.05, 3.63) is 35.1 Å². The molecular weight excluding hydrogens is 268 g/mol. The van der Waals surface area contributed by atoms with Crippen LogP contribution in [0.25, 0.3) is 0 Å². The maximum Gasteiger partial charge on any atom is 0.329 e. The topological polar surface area (TPSA) is 80.9 Å². The van der Waals surface area contributed by atoms with Crippen molar-refractivity contribution >= 4 is 11.6 Å². The molecule has 7 heteroatoms. The molecule has 0 aliphatic rings. The van der Waals surface area contributed by atoms with Crippen LogP contribution in [0.1, 0.15) is 5.56 Å². The van der Waals surface area contributed by atoms with Gasteiger partial charge >= 0.3 is 12.0 Å². The van der Waals surface area contributed by atoms with Gasteiger partial charge in [-0.25, -0.2) is 0 Å². The van der Waals surface area contributed by atoms with Gasteiger partial charge in [0, 0.05) is 0 Å². The van der Waals surface area contributed by atoms with Crippen molar-refractivity contribution in [1.29, 1.82) is 5.26 Å². The highest BCUT2D eigenvalue weighted by Gasteiger charge is 2.07. The lowest BCUT2D eigenvalue weighted by Gasteiger charge is -2.05. The van der Waals surface area contributed by atoms with E-state index < -0.39 is 0 Å². The summed E-state index contributed by atoms with van der Waals surface area (Å²) in [5.74, 6) is 0.533. The normalized spacial score (nSPS) is 9.74. The molecule has 0 atom stereocenters. The van der Waals surface area contributed by atoms with E-state index in [1.807, 2.05) is 0 Å². The predicted octanol–water partition coefficient (Wildman–Crippen LogP) is 2.39. The Hall–Kier alpha value is -2.39. The first kappa shape index (κ1) is 13.1. The van der Waals surface area contributed by atoms with Crippen LogP contribution in [-0.4, -0.2) is 22.1 Å². The molecule has 0 saturated carbocycles. The Kier molecular flexibility index (Phi) is 4.11. The van der Waals surface area contributed by atoms with Gasteiger partial charge in [0.15, 0.2) is 0 Å². The van der Waals surface area contributed by atoms with Crippen LogP contribution >= 0.6 is 11.6 Å². The van der Waals surface area contributed by atoms with E-state index in [-0.39, 0.29) is 17.3 Å². The van der Waals surface area contributed by atoms with Crippen molar-refractivity contribution in [3.63, 3.8) is 0 Å². The van der Waals surface area contributed by atoms with Crippen LogP contribution in [-0.2, 0) is 6.42 Å². The number of hydrogen-bond donors (Lipinski definition) is 0. The van der Waals surface area contributed by atoms with Gasteiger partial charge in [-0.2, -0.15) is 15.2 Å². The monoisotopic (exact) mass is 276 g/mol. The number of nitrogens with zero attached hydrogens (tertiary/aromatic N) is 4. The second-order valence-corrected chi connectivity index (χ2v) is 3.79. The second-order valence-electron chi connectivity index (χ2n) is 3.45. The fourth-order valence-corrected chi connectivity index (χ4v) is 1.47. The van der Waals surface area contributed by atoms with E-state index in [1.54, 1.807) is 24.3 Å². The molecular formula is C12H9ClN4O2. The maximum atomic E-state index is 8.58. The van der Waals surface area contributed by atoms with E-state index in [2.05, 4.69) is 21.0 Å². The van der Waals surface area contributed by atoms with Gasteiger partial charge in [0.05, 0.1) is 19.6 Å². The molecule has 1 aromatic carbocycles. The van der Waals surface area contributed by atoms with Gasteiger partial charge in [0.2, 0.25) is 5.28 Å². The lowest BCUT2D eigenvalue weighted by atomic mass is 10.2. The lowest BCUT2D eigenvalue weighted by Crippen LogP contribution is -1.98. The largest absolute Gasteiger partial charge is 0.467 e. The van der Waals surface area contributed by atoms with Crippen LogP contribution in [0.5, 0.6) is 17.8 Å². The van der Waals surface area contributed by atoms with E-state index in [1.165, 1.54) is 7.11 Å². The standard InChI is InChI=1S/C12H9ClN4O2/c1-18-11-15-10(13)16-12(17-11)19-9-4-2-8(3-5-9)6-7-14/h2-5H,6H2,1H3. The summed E-state index contributed by atoms with van der Waals surface area (Å²) >= 11 is 5.70. The molecule has 0 bridgehead atoms. The van der Waals surface area contributed by atoms with Gasteiger partial charge < -0.3 is 9.47 Å². The molecule has 0 spiro atoms. The number of hydrogen-bond acceptors (Lipinski definition) is 6. The molecule has 0 radical (unpaired) electrons. The van der Waals surface area contributed by atoms with E-state index in [4.69, 9.17) is 26.3 Å². The van der Waals surface area contributed by atoms with Gasteiger partial charge in [-0.1, -0.05) is 12.1 Å². The van der Waals surface area contributed by atoms with Crippen molar-refractivity contribution in [3.8, 4) is 23.8 Å². The number of nitriles is 1. The van der Waals surface area contributed by atoms with Crippen LogP contribution in [0, 0.1) is 11.3 Å². The molecule has 1 heterocycles. The van der Waals surface area contributed by atoms with Gasteiger partial charge in [-0.05, 0) is 29.3 Å². The van der Waals surface area contributed by atoms with Crippen LogP contribution in [0.4, 0.5) is 0 Å². The molecule has 0 fully saturated rings. The van der Waals surface area contributed by atoms with E-state index >= 15 is 0 Å². The minimum Gasteiger partial charge on any atom is -0.467 e. The Balaban J connectivity index is 2.16. The van der Waals surface area contributed by atoms with E-state index in [9.17, 15) is 0 Å². The summed E-state index contributed by atoms with van der Waals surface area (Å²) in [5, 5.41) is 8.56. The quantitative estimate of drug-likeness (QED) is 0.853. The number of aromatic nitrogens is 3. The Bertz CT molecular complexity index is 610. The number of rotatable bonds is 4. The number of ether oxygens (including phenoxy) is 2. The van der Waals surface area contributed by atoms with Crippen molar-refractivity contribution in [2.75, 3.05) is 7.11 Å². The van der Waals surface area contributed by atoms with Gasteiger partial charge in [-0.15, -0.1) is 4.98 Å². The van der Waals surface area contributed by atoms with E-state index in [0.717, 1.165) is 5.56 Å². The summed E-state index contributed by atoms with van der Waals surface area (Å²) in [6.07, 6.45) is 0.353. The minimum absolute atomic E-state index is 0.0112. The summed E-state index contributed by atoms with van der Waals surface area (Å²) in [6.45, 7) is 0. The highest BCUT2D eigenvalue weighted by Crippen LogP contribution is 2.21. The Morgan fingerprint density at radius 2 is 1.84 bits per heavy atom. The molecule has 1 aromatic heterocycles. The summed E-state index contributed by atoms with van der Waals surface area (Å²) in [5.41, 5.74) is 0.904. The van der Waals surface area contributed by atoms with Crippen LogP contribution in [0.15, 0.2) is 24.3 Å². The van der Waals surface area contributed by atoms with Gasteiger partial charge in [-0.3, -0.25) is 0 Å².